The third-order valence-electron chi connectivity index (χ3n) is 4.63. The SMILES string of the molecule is Cc1ccccc1OCCCCCCN1CCCCC1C. The molecule has 0 spiro atoms. The lowest BCUT2D eigenvalue weighted by molar-refractivity contribution is 0.157. The fourth-order valence-corrected chi connectivity index (χ4v) is 3.16. The first-order valence-electron chi connectivity index (χ1n) is 8.70. The van der Waals surface area contributed by atoms with Crippen LogP contribution in [0.1, 0.15) is 57.4 Å². The van der Waals surface area contributed by atoms with Crippen LogP contribution >= 0.6 is 0 Å². The zero-order valence-electron chi connectivity index (χ0n) is 13.8. The molecule has 2 heteroatoms. The second kappa shape index (κ2) is 9.09. The molecule has 2 rings (SSSR count). The van der Waals surface area contributed by atoms with Crippen molar-refractivity contribution in [1.29, 1.82) is 0 Å². The van der Waals surface area contributed by atoms with Crippen LogP contribution in [0.5, 0.6) is 5.75 Å². The molecule has 0 aliphatic carbocycles. The van der Waals surface area contributed by atoms with E-state index in [4.69, 9.17) is 4.74 Å². The minimum absolute atomic E-state index is 0.808. The van der Waals surface area contributed by atoms with Crippen molar-refractivity contribution in [2.24, 2.45) is 0 Å². The van der Waals surface area contributed by atoms with Gasteiger partial charge in [0.2, 0.25) is 0 Å². The molecule has 0 N–H and O–H groups in total. The van der Waals surface area contributed by atoms with E-state index < -0.39 is 0 Å². The van der Waals surface area contributed by atoms with Crippen LogP contribution in [0, 0.1) is 6.92 Å². The predicted molar refractivity (Wildman–Crippen MR) is 90.0 cm³/mol. The van der Waals surface area contributed by atoms with E-state index in [1.54, 1.807) is 0 Å². The number of hydrogen-bond donors (Lipinski definition) is 0. The fraction of sp³-hybridized carbons (Fsp3) is 0.684. The Hall–Kier alpha value is -1.02. The van der Waals surface area contributed by atoms with Crippen molar-refractivity contribution < 1.29 is 4.74 Å². The van der Waals surface area contributed by atoms with Gasteiger partial charge in [-0.1, -0.05) is 37.5 Å². The molecule has 1 aliphatic rings. The van der Waals surface area contributed by atoms with Crippen LogP contribution in [0.2, 0.25) is 0 Å². The normalized spacial score (nSPS) is 19.6. The van der Waals surface area contributed by atoms with Crippen LogP contribution in [0.4, 0.5) is 0 Å². The number of benzene rings is 1. The molecule has 1 aromatic carbocycles. The highest BCUT2D eigenvalue weighted by Gasteiger charge is 2.16. The number of nitrogens with zero attached hydrogens (tertiary/aromatic N) is 1. The molecule has 0 radical (unpaired) electrons. The Kier molecular flexibility index (Phi) is 7.08. The molecule has 21 heavy (non-hydrogen) atoms. The molecular weight excluding hydrogens is 258 g/mol. The Morgan fingerprint density at radius 1 is 1.10 bits per heavy atom. The second-order valence-electron chi connectivity index (χ2n) is 6.41. The first-order valence-corrected chi connectivity index (χ1v) is 8.70. The Balaban J connectivity index is 1.49. The zero-order chi connectivity index (χ0) is 14.9. The molecule has 0 amide bonds. The summed E-state index contributed by atoms with van der Waals surface area (Å²) >= 11 is 0. The number of likely N-dealkylation sites (tertiary alicyclic amines) is 1. The van der Waals surface area contributed by atoms with E-state index >= 15 is 0 Å². The van der Waals surface area contributed by atoms with E-state index in [0.717, 1.165) is 18.4 Å². The lowest BCUT2D eigenvalue weighted by atomic mass is 10.0. The smallest absolute Gasteiger partial charge is 0.122 e. The van der Waals surface area contributed by atoms with Crippen LogP contribution in [0.25, 0.3) is 0 Å². The fourth-order valence-electron chi connectivity index (χ4n) is 3.16. The number of piperidine rings is 1. The third kappa shape index (κ3) is 5.70. The number of ether oxygens (including phenoxy) is 1. The number of aryl methyl sites for hydroxylation is 1. The standard InChI is InChI=1S/C19H31NO/c1-17-11-5-6-13-19(17)21-16-10-4-3-8-14-20-15-9-7-12-18(20)2/h5-6,11,13,18H,3-4,7-10,12,14-16H2,1-2H3. The van der Waals surface area contributed by atoms with Crippen molar-refractivity contribution in [2.75, 3.05) is 19.7 Å². The van der Waals surface area contributed by atoms with Gasteiger partial charge in [0.05, 0.1) is 6.61 Å². The summed E-state index contributed by atoms with van der Waals surface area (Å²) in [7, 11) is 0. The Labute approximate surface area is 130 Å². The lowest BCUT2D eigenvalue weighted by Gasteiger charge is -2.33. The van der Waals surface area contributed by atoms with Gasteiger partial charge in [-0.05, 0) is 64.3 Å². The number of hydrogen-bond acceptors (Lipinski definition) is 2. The van der Waals surface area contributed by atoms with Crippen molar-refractivity contribution >= 4 is 0 Å². The quantitative estimate of drug-likeness (QED) is 0.637. The van der Waals surface area contributed by atoms with Gasteiger partial charge in [0.15, 0.2) is 0 Å². The average molecular weight is 289 g/mol. The molecule has 0 aromatic heterocycles. The summed E-state index contributed by atoms with van der Waals surface area (Å²) in [5.41, 5.74) is 1.23. The highest BCUT2D eigenvalue weighted by atomic mass is 16.5. The average Bonchev–Trinajstić information content (AvgIpc) is 2.50. The van der Waals surface area contributed by atoms with Crippen molar-refractivity contribution in [3.63, 3.8) is 0 Å². The first-order chi connectivity index (χ1) is 10.3. The van der Waals surface area contributed by atoms with Gasteiger partial charge in [-0.2, -0.15) is 0 Å². The van der Waals surface area contributed by atoms with E-state index in [2.05, 4.69) is 36.9 Å². The first kappa shape index (κ1) is 16.4. The molecule has 1 atom stereocenters. The van der Waals surface area contributed by atoms with Crippen molar-refractivity contribution in [2.45, 2.75) is 64.8 Å². The Morgan fingerprint density at radius 3 is 2.71 bits per heavy atom. The molecule has 0 saturated carbocycles. The van der Waals surface area contributed by atoms with Gasteiger partial charge in [0.25, 0.3) is 0 Å². The minimum atomic E-state index is 0.808. The molecule has 1 aromatic rings. The van der Waals surface area contributed by atoms with Gasteiger partial charge < -0.3 is 9.64 Å². The molecule has 1 heterocycles. The van der Waals surface area contributed by atoms with Crippen molar-refractivity contribution in [1.82, 2.24) is 4.90 Å². The molecule has 0 bridgehead atoms. The summed E-state index contributed by atoms with van der Waals surface area (Å²) in [6.45, 7) is 7.95. The monoisotopic (exact) mass is 289 g/mol. The Bertz CT molecular complexity index is 404. The molecule has 1 unspecified atom stereocenters. The molecule has 2 nitrogen and oxygen atoms in total. The zero-order valence-corrected chi connectivity index (χ0v) is 13.8. The van der Waals surface area contributed by atoms with Crippen molar-refractivity contribution in [3.05, 3.63) is 29.8 Å². The van der Waals surface area contributed by atoms with Crippen LogP contribution in [-0.4, -0.2) is 30.6 Å². The summed E-state index contributed by atoms with van der Waals surface area (Å²) in [6, 6.07) is 9.08. The van der Waals surface area contributed by atoms with E-state index in [0.29, 0.717) is 0 Å². The van der Waals surface area contributed by atoms with Gasteiger partial charge in [0, 0.05) is 6.04 Å². The minimum Gasteiger partial charge on any atom is -0.493 e. The van der Waals surface area contributed by atoms with Crippen molar-refractivity contribution in [3.8, 4) is 5.75 Å². The van der Waals surface area contributed by atoms with Crippen LogP contribution in [-0.2, 0) is 0 Å². The number of unbranched alkanes of at least 4 members (excludes halogenated alkanes) is 3. The van der Waals surface area contributed by atoms with E-state index in [-0.39, 0.29) is 0 Å². The Morgan fingerprint density at radius 2 is 1.90 bits per heavy atom. The third-order valence-corrected chi connectivity index (χ3v) is 4.63. The maximum atomic E-state index is 5.84. The molecular formula is C19H31NO. The highest BCUT2D eigenvalue weighted by molar-refractivity contribution is 5.31. The van der Waals surface area contributed by atoms with Crippen LogP contribution in [0.15, 0.2) is 24.3 Å². The van der Waals surface area contributed by atoms with E-state index in [1.807, 2.05) is 6.07 Å². The molecule has 118 valence electrons. The second-order valence-corrected chi connectivity index (χ2v) is 6.41. The maximum Gasteiger partial charge on any atom is 0.122 e. The summed E-state index contributed by atoms with van der Waals surface area (Å²) in [5, 5.41) is 0. The van der Waals surface area contributed by atoms with E-state index in [1.165, 1.54) is 63.6 Å². The van der Waals surface area contributed by atoms with Gasteiger partial charge >= 0.3 is 0 Å². The van der Waals surface area contributed by atoms with Crippen LogP contribution < -0.4 is 4.74 Å². The maximum absolute atomic E-state index is 5.84. The molecule has 1 aliphatic heterocycles. The number of rotatable bonds is 8. The van der Waals surface area contributed by atoms with Crippen LogP contribution in [0.3, 0.4) is 0 Å². The summed E-state index contributed by atoms with van der Waals surface area (Å²) in [6.07, 6.45) is 9.35. The van der Waals surface area contributed by atoms with E-state index in [9.17, 15) is 0 Å². The van der Waals surface area contributed by atoms with Gasteiger partial charge in [0.1, 0.15) is 5.75 Å². The van der Waals surface area contributed by atoms with Gasteiger partial charge in [-0.15, -0.1) is 0 Å². The predicted octanol–water partition coefficient (Wildman–Crippen LogP) is 4.81. The summed E-state index contributed by atoms with van der Waals surface area (Å²) in [4.78, 5) is 2.67. The lowest BCUT2D eigenvalue weighted by Crippen LogP contribution is -2.37. The topological polar surface area (TPSA) is 12.5 Å². The number of para-hydroxylation sites is 1. The largest absolute Gasteiger partial charge is 0.493 e. The van der Waals surface area contributed by atoms with Gasteiger partial charge in [-0.25, -0.2) is 0 Å². The summed E-state index contributed by atoms with van der Waals surface area (Å²) in [5.74, 6) is 1.04. The highest BCUT2D eigenvalue weighted by Crippen LogP contribution is 2.18. The summed E-state index contributed by atoms with van der Waals surface area (Å²) < 4.78 is 5.84. The molecule has 1 fully saturated rings. The van der Waals surface area contributed by atoms with Gasteiger partial charge in [-0.3, -0.25) is 0 Å². The molecule has 1 saturated heterocycles.